The van der Waals surface area contributed by atoms with Crippen molar-refractivity contribution in [2.24, 2.45) is 0 Å². The molecule has 2 aromatic carbocycles. The predicted octanol–water partition coefficient (Wildman–Crippen LogP) is 3.86. The molecule has 0 N–H and O–H groups in total. The number of esters is 1. The summed E-state index contributed by atoms with van der Waals surface area (Å²) in [5.41, 5.74) is 3.67. The van der Waals surface area contributed by atoms with Crippen molar-refractivity contribution in [1.82, 2.24) is 0 Å². The first-order chi connectivity index (χ1) is 10.8. The lowest BCUT2D eigenvalue weighted by molar-refractivity contribution is -0.143. The first-order valence-electron chi connectivity index (χ1n) is 7.71. The van der Waals surface area contributed by atoms with Crippen molar-refractivity contribution in [3.8, 4) is 5.75 Å². The topological polar surface area (TPSA) is 35.5 Å². The van der Waals surface area contributed by atoms with Crippen LogP contribution in [0.25, 0.3) is 0 Å². The molecule has 0 aromatic heterocycles. The van der Waals surface area contributed by atoms with Crippen LogP contribution in [0.3, 0.4) is 0 Å². The Morgan fingerprint density at radius 1 is 1.18 bits per heavy atom. The molecule has 0 amide bonds. The summed E-state index contributed by atoms with van der Waals surface area (Å²) < 4.78 is 10.9. The number of hydrogen-bond acceptors (Lipinski definition) is 3. The van der Waals surface area contributed by atoms with E-state index in [9.17, 15) is 4.79 Å². The molecule has 114 valence electrons. The molecular formula is C19H20O3. The lowest BCUT2D eigenvalue weighted by Gasteiger charge is -2.30. The zero-order valence-electron chi connectivity index (χ0n) is 12.7. The van der Waals surface area contributed by atoms with Gasteiger partial charge in [0.05, 0.1) is 13.0 Å². The molecule has 0 saturated heterocycles. The molecule has 3 rings (SSSR count). The summed E-state index contributed by atoms with van der Waals surface area (Å²) in [7, 11) is 0. The lowest BCUT2D eigenvalue weighted by Crippen LogP contribution is -2.21. The second-order valence-corrected chi connectivity index (χ2v) is 5.55. The fraction of sp³-hybridized carbons (Fsp3) is 0.316. The molecule has 0 saturated carbocycles. The fourth-order valence-electron chi connectivity index (χ4n) is 2.82. The third-order valence-corrected chi connectivity index (χ3v) is 3.99. The average Bonchev–Trinajstić information content (AvgIpc) is 2.53. The van der Waals surface area contributed by atoms with Crippen molar-refractivity contribution in [3.63, 3.8) is 0 Å². The minimum Gasteiger partial charge on any atom is -0.489 e. The number of benzene rings is 2. The molecule has 0 bridgehead atoms. The van der Waals surface area contributed by atoms with Gasteiger partial charge in [-0.05, 0) is 48.1 Å². The molecule has 22 heavy (non-hydrogen) atoms. The SMILES string of the molecule is CCOC(=O)CC1Cc2ccc(OCc3ccccc3)cc21. The third kappa shape index (κ3) is 3.30. The van der Waals surface area contributed by atoms with Crippen LogP contribution >= 0.6 is 0 Å². The molecule has 1 unspecified atom stereocenters. The minimum atomic E-state index is -0.117. The zero-order valence-corrected chi connectivity index (χ0v) is 12.7. The Morgan fingerprint density at radius 3 is 2.77 bits per heavy atom. The van der Waals surface area contributed by atoms with E-state index in [0.29, 0.717) is 19.6 Å². The van der Waals surface area contributed by atoms with Gasteiger partial charge in [-0.1, -0.05) is 36.4 Å². The normalized spacial score (nSPS) is 15.6. The predicted molar refractivity (Wildman–Crippen MR) is 84.9 cm³/mol. The Bertz CT molecular complexity index is 649. The molecule has 3 nitrogen and oxygen atoms in total. The standard InChI is InChI=1S/C19H20O3/c1-2-21-19(20)11-16-10-15-8-9-17(12-18(15)16)22-13-14-6-4-3-5-7-14/h3-9,12,16H,2,10-11,13H2,1H3. The van der Waals surface area contributed by atoms with Crippen LogP contribution in [0.1, 0.15) is 36.0 Å². The molecular weight excluding hydrogens is 276 g/mol. The maximum atomic E-state index is 11.6. The van der Waals surface area contributed by atoms with Crippen molar-refractivity contribution in [3.05, 3.63) is 65.2 Å². The molecule has 0 radical (unpaired) electrons. The van der Waals surface area contributed by atoms with Gasteiger partial charge in [-0.3, -0.25) is 4.79 Å². The Labute approximate surface area is 130 Å². The van der Waals surface area contributed by atoms with E-state index >= 15 is 0 Å². The van der Waals surface area contributed by atoms with Gasteiger partial charge in [0.25, 0.3) is 0 Å². The third-order valence-electron chi connectivity index (χ3n) is 3.99. The first kappa shape index (κ1) is 14.6. The molecule has 1 aliphatic rings. The van der Waals surface area contributed by atoms with Gasteiger partial charge >= 0.3 is 5.97 Å². The van der Waals surface area contributed by atoms with E-state index in [0.717, 1.165) is 17.7 Å². The molecule has 2 aromatic rings. The second-order valence-electron chi connectivity index (χ2n) is 5.55. The van der Waals surface area contributed by atoms with Crippen LogP contribution in [0.2, 0.25) is 0 Å². The summed E-state index contributed by atoms with van der Waals surface area (Å²) >= 11 is 0. The van der Waals surface area contributed by atoms with E-state index in [2.05, 4.69) is 12.1 Å². The van der Waals surface area contributed by atoms with Crippen LogP contribution < -0.4 is 4.74 Å². The number of carbonyl (C=O) groups is 1. The van der Waals surface area contributed by atoms with Crippen LogP contribution in [0, 0.1) is 0 Å². The van der Waals surface area contributed by atoms with Gasteiger partial charge in [-0.2, -0.15) is 0 Å². The van der Waals surface area contributed by atoms with Crippen molar-refractivity contribution < 1.29 is 14.3 Å². The van der Waals surface area contributed by atoms with E-state index in [1.54, 1.807) is 0 Å². The van der Waals surface area contributed by atoms with E-state index in [1.807, 2.05) is 43.3 Å². The van der Waals surface area contributed by atoms with Crippen molar-refractivity contribution in [2.45, 2.75) is 32.3 Å². The van der Waals surface area contributed by atoms with Crippen molar-refractivity contribution in [1.29, 1.82) is 0 Å². The maximum absolute atomic E-state index is 11.6. The second kappa shape index (κ2) is 6.65. The van der Waals surface area contributed by atoms with Gasteiger partial charge in [0, 0.05) is 0 Å². The van der Waals surface area contributed by atoms with Gasteiger partial charge in [-0.25, -0.2) is 0 Å². The highest BCUT2D eigenvalue weighted by Gasteiger charge is 2.29. The molecule has 0 aliphatic heterocycles. The van der Waals surface area contributed by atoms with Gasteiger partial charge in [0.1, 0.15) is 12.4 Å². The van der Waals surface area contributed by atoms with Crippen LogP contribution in [0.15, 0.2) is 48.5 Å². The minimum absolute atomic E-state index is 0.117. The summed E-state index contributed by atoms with van der Waals surface area (Å²) in [6.45, 7) is 2.84. The van der Waals surface area contributed by atoms with Crippen LogP contribution in [-0.4, -0.2) is 12.6 Å². The maximum Gasteiger partial charge on any atom is 0.306 e. The molecule has 1 aliphatic carbocycles. The van der Waals surface area contributed by atoms with Crippen molar-refractivity contribution in [2.75, 3.05) is 6.61 Å². The Kier molecular flexibility index (Phi) is 4.42. The van der Waals surface area contributed by atoms with Crippen LogP contribution in [-0.2, 0) is 22.6 Å². The number of carbonyl (C=O) groups excluding carboxylic acids is 1. The Morgan fingerprint density at radius 2 is 2.00 bits per heavy atom. The van der Waals surface area contributed by atoms with Gasteiger partial charge in [0.15, 0.2) is 0 Å². The highest BCUT2D eigenvalue weighted by Crippen LogP contribution is 2.39. The summed E-state index contributed by atoms with van der Waals surface area (Å²) in [6.07, 6.45) is 1.41. The number of ether oxygens (including phenoxy) is 2. The van der Waals surface area contributed by atoms with E-state index in [4.69, 9.17) is 9.47 Å². The van der Waals surface area contributed by atoms with Gasteiger partial charge in [0.2, 0.25) is 0 Å². The Hall–Kier alpha value is -2.29. The van der Waals surface area contributed by atoms with E-state index in [-0.39, 0.29) is 11.9 Å². The number of fused-ring (bicyclic) bond motifs is 1. The first-order valence-corrected chi connectivity index (χ1v) is 7.71. The quantitative estimate of drug-likeness (QED) is 0.759. The highest BCUT2D eigenvalue weighted by molar-refractivity contribution is 5.71. The highest BCUT2D eigenvalue weighted by atomic mass is 16.5. The van der Waals surface area contributed by atoms with Crippen LogP contribution in [0.5, 0.6) is 5.75 Å². The van der Waals surface area contributed by atoms with Crippen molar-refractivity contribution >= 4 is 5.97 Å². The van der Waals surface area contributed by atoms with E-state index in [1.165, 1.54) is 11.1 Å². The Balaban J connectivity index is 1.61. The van der Waals surface area contributed by atoms with Crippen LogP contribution in [0.4, 0.5) is 0 Å². The largest absolute Gasteiger partial charge is 0.489 e. The average molecular weight is 296 g/mol. The van der Waals surface area contributed by atoms with Gasteiger partial charge in [-0.15, -0.1) is 0 Å². The van der Waals surface area contributed by atoms with Gasteiger partial charge < -0.3 is 9.47 Å². The lowest BCUT2D eigenvalue weighted by atomic mass is 9.76. The molecule has 3 heteroatoms. The van der Waals surface area contributed by atoms with E-state index < -0.39 is 0 Å². The summed E-state index contributed by atoms with van der Waals surface area (Å²) in [6, 6.07) is 16.3. The molecule has 0 spiro atoms. The number of rotatable bonds is 6. The number of hydrogen-bond donors (Lipinski definition) is 0. The summed E-state index contributed by atoms with van der Waals surface area (Å²) in [4.78, 5) is 11.6. The molecule has 1 atom stereocenters. The zero-order chi connectivity index (χ0) is 15.4. The summed E-state index contributed by atoms with van der Waals surface area (Å²) in [5.74, 6) is 1.01. The summed E-state index contributed by atoms with van der Waals surface area (Å²) in [5, 5.41) is 0. The fourth-order valence-corrected chi connectivity index (χ4v) is 2.82. The smallest absolute Gasteiger partial charge is 0.306 e. The monoisotopic (exact) mass is 296 g/mol. The molecule has 0 heterocycles. The molecule has 0 fully saturated rings.